The average Bonchev–Trinajstić information content (AvgIpc) is 3.93. The van der Waals surface area contributed by atoms with Crippen molar-refractivity contribution >= 4 is 22.5 Å². The van der Waals surface area contributed by atoms with Crippen LogP contribution in [0.15, 0.2) is 34.9 Å². The minimum Gasteiger partial charge on any atom is -0.507 e. The number of carboxylic acids is 1. The number of fused-ring (bicyclic) bond motifs is 3. The Morgan fingerprint density at radius 2 is 1.75 bits per heavy atom. The van der Waals surface area contributed by atoms with Crippen LogP contribution in [0.5, 0.6) is 17.2 Å². The van der Waals surface area contributed by atoms with Gasteiger partial charge in [0, 0.05) is 29.6 Å². The molecule has 6 fully saturated rings. The van der Waals surface area contributed by atoms with E-state index in [9.17, 15) is 45.3 Å². The van der Waals surface area contributed by atoms with Crippen molar-refractivity contribution in [2.75, 3.05) is 33.0 Å². The summed E-state index contributed by atoms with van der Waals surface area (Å²) in [7, 11) is 0. The number of carbonyl (C=O) groups is 2. The molecule has 8 aliphatic rings. The van der Waals surface area contributed by atoms with Crippen LogP contribution in [0.2, 0.25) is 0 Å². The topological polar surface area (TPSA) is 213 Å². The number of carboxylic acid groups (broad SMARTS) is 1. The Hall–Kier alpha value is -3.56. The van der Waals surface area contributed by atoms with E-state index in [0.29, 0.717) is 37.4 Å². The van der Waals surface area contributed by atoms with Crippen molar-refractivity contribution in [1.29, 1.82) is 0 Å². The first kappa shape index (κ1) is 40.5. The zero-order valence-electron chi connectivity index (χ0n) is 34.5. The summed E-state index contributed by atoms with van der Waals surface area (Å²) in [5.41, 5.74) is 1.73. The summed E-state index contributed by atoms with van der Waals surface area (Å²) in [6, 6.07) is 2.25. The van der Waals surface area contributed by atoms with Crippen LogP contribution in [0.4, 0.5) is 0 Å². The van der Waals surface area contributed by atoms with Crippen molar-refractivity contribution < 1.29 is 64.3 Å². The third-order valence-electron chi connectivity index (χ3n) is 17.0. The number of aromatic carboxylic acids is 1. The SMILES string of the molecule is CC(=O)c1c(C)c(O)c2cc(C(=O)O)cc(O[C@H]3O[C@H](CO)[C@@]4(C[C@@H]5C6=C(CC=C6[C@]6(CCO)COC[C@@H]7C[C@]8(CCC9(CCCC9)C8)C[C@H]5[C@@H]76)CO4)[C@H](O)[C@H]3O)c2c1O. The van der Waals surface area contributed by atoms with Crippen LogP contribution < -0.4 is 4.74 Å². The van der Waals surface area contributed by atoms with Crippen LogP contribution in [0.3, 0.4) is 0 Å². The zero-order valence-corrected chi connectivity index (χ0v) is 34.5. The largest absolute Gasteiger partial charge is 0.507 e. The molecule has 13 nitrogen and oxygen atoms in total. The third-order valence-corrected chi connectivity index (χ3v) is 17.0. The zero-order chi connectivity index (χ0) is 42.1. The summed E-state index contributed by atoms with van der Waals surface area (Å²) in [6.07, 6.45) is 8.44. The van der Waals surface area contributed by atoms with Gasteiger partial charge >= 0.3 is 5.97 Å². The fourth-order valence-corrected chi connectivity index (χ4v) is 14.8. The number of rotatable bonds is 7. The Bertz CT molecular complexity index is 2200. The molecule has 3 aliphatic heterocycles. The fourth-order valence-electron chi connectivity index (χ4n) is 14.8. The molecule has 3 spiro atoms. The highest BCUT2D eigenvalue weighted by molar-refractivity contribution is 6.11. The molecular weight excluding hydrogens is 773 g/mol. The number of phenols is 2. The Morgan fingerprint density at radius 3 is 2.47 bits per heavy atom. The quantitative estimate of drug-likeness (QED) is 0.137. The molecule has 60 heavy (non-hydrogen) atoms. The molecule has 13 heteroatoms. The van der Waals surface area contributed by atoms with Gasteiger partial charge in [-0.15, -0.1) is 0 Å². The van der Waals surface area contributed by atoms with E-state index < -0.39 is 60.1 Å². The highest BCUT2D eigenvalue weighted by Crippen LogP contribution is 2.72. The Morgan fingerprint density at radius 1 is 0.983 bits per heavy atom. The minimum absolute atomic E-state index is 0.0447. The van der Waals surface area contributed by atoms with Gasteiger partial charge in [-0.05, 0) is 141 Å². The van der Waals surface area contributed by atoms with E-state index in [-0.39, 0.29) is 81.4 Å². The van der Waals surface area contributed by atoms with Gasteiger partial charge in [-0.3, -0.25) is 4.79 Å². The van der Waals surface area contributed by atoms with Gasteiger partial charge in [-0.25, -0.2) is 4.79 Å². The number of aromatic hydroxyl groups is 2. The van der Waals surface area contributed by atoms with Gasteiger partial charge < -0.3 is 54.7 Å². The summed E-state index contributed by atoms with van der Waals surface area (Å²) in [5, 5.41) is 78.6. The lowest BCUT2D eigenvalue weighted by atomic mass is 9.43. The van der Waals surface area contributed by atoms with E-state index in [4.69, 9.17) is 18.9 Å². The fraction of sp³-hybridized carbons (Fsp3) is 0.660. The van der Waals surface area contributed by atoms with E-state index in [1.807, 2.05) is 0 Å². The summed E-state index contributed by atoms with van der Waals surface area (Å²) >= 11 is 0. The molecule has 4 saturated carbocycles. The monoisotopic (exact) mass is 830 g/mol. The summed E-state index contributed by atoms with van der Waals surface area (Å²) in [6.45, 7) is 3.45. The van der Waals surface area contributed by atoms with Gasteiger partial charge in [0.15, 0.2) is 5.78 Å². The van der Waals surface area contributed by atoms with Crippen LogP contribution in [0.25, 0.3) is 10.8 Å². The Labute approximate surface area is 349 Å². The molecule has 2 aromatic carbocycles. The maximum absolute atomic E-state index is 12.6. The standard InChI is InChI=1S/C47H58O13/c1-23-34(24(2)50)39(52)36-28(38(23)51)13-26(42(55)56)14-32(36)59-43-40(53)41(54)47(33(18-49)60-43)17-29-30-16-45(10-9-44(21-45)7-3-4-8-44)15-27-19-57-22-46(11-12-48,37(27)30)31-6-5-25(20-58-47)35(29)31/h6,13-14,27,29-30,33,37,40-41,43,48-49,51-54H,3-5,7-12,15-22H2,1-2H3,(H,55,56)/t27-,29-,30+,33+,37+,40+,41+,43-,45+,46-,47-/m0/s1. The van der Waals surface area contributed by atoms with Crippen molar-refractivity contribution in [3.05, 3.63) is 51.6 Å². The number of ketones is 1. The predicted octanol–water partition coefficient (Wildman–Crippen LogP) is 5.47. The molecule has 0 aromatic heterocycles. The van der Waals surface area contributed by atoms with E-state index >= 15 is 0 Å². The lowest BCUT2D eigenvalue weighted by Gasteiger charge is -2.64. The molecule has 0 amide bonds. The molecule has 7 N–H and O–H groups in total. The number of allylic oxidation sites excluding steroid dienone is 2. The molecule has 2 aromatic rings. The number of hydrogen-bond acceptors (Lipinski definition) is 12. The van der Waals surface area contributed by atoms with Crippen LogP contribution in [-0.4, -0.2) is 111 Å². The normalized spacial score (nSPS) is 38.9. The number of benzene rings is 2. The molecule has 324 valence electrons. The maximum Gasteiger partial charge on any atom is 0.335 e. The van der Waals surface area contributed by atoms with Crippen molar-refractivity contribution in [2.24, 2.45) is 39.9 Å². The molecule has 10 rings (SSSR count). The van der Waals surface area contributed by atoms with Gasteiger partial charge in [-0.1, -0.05) is 18.9 Å². The second kappa shape index (κ2) is 14.2. The molecule has 5 aliphatic carbocycles. The summed E-state index contributed by atoms with van der Waals surface area (Å²) < 4.78 is 26.0. The summed E-state index contributed by atoms with van der Waals surface area (Å²) in [4.78, 5) is 24.9. The molecule has 0 radical (unpaired) electrons. The third kappa shape index (κ3) is 5.68. The van der Waals surface area contributed by atoms with Crippen LogP contribution in [-0.2, 0) is 14.2 Å². The lowest BCUT2D eigenvalue weighted by Crippen LogP contribution is -2.70. The highest BCUT2D eigenvalue weighted by atomic mass is 16.7. The molecule has 3 heterocycles. The van der Waals surface area contributed by atoms with Crippen molar-refractivity contribution in [3.8, 4) is 17.2 Å². The van der Waals surface area contributed by atoms with E-state index in [2.05, 4.69) is 6.08 Å². The van der Waals surface area contributed by atoms with Gasteiger partial charge in [-0.2, -0.15) is 0 Å². The number of Topliss-reactive ketones (excluding diaryl/α,β-unsaturated/α-hetero) is 1. The Kier molecular flexibility index (Phi) is 9.61. The molecule has 11 atom stereocenters. The molecule has 0 bridgehead atoms. The molecular formula is C47H58O13. The van der Waals surface area contributed by atoms with E-state index in [1.165, 1.54) is 69.9 Å². The van der Waals surface area contributed by atoms with Gasteiger partial charge in [0.25, 0.3) is 0 Å². The van der Waals surface area contributed by atoms with Crippen molar-refractivity contribution in [3.63, 3.8) is 0 Å². The van der Waals surface area contributed by atoms with Gasteiger partial charge in [0.1, 0.15) is 41.2 Å². The maximum atomic E-state index is 12.6. The van der Waals surface area contributed by atoms with E-state index in [0.717, 1.165) is 30.5 Å². The first-order valence-corrected chi connectivity index (χ1v) is 22.0. The Balaban J connectivity index is 1.03. The number of phenolic OH excluding ortho intramolecular Hbond substituents is 2. The average molecular weight is 831 g/mol. The lowest BCUT2D eigenvalue weighted by molar-refractivity contribution is -0.326. The number of ether oxygens (including phenoxy) is 4. The van der Waals surface area contributed by atoms with Crippen LogP contribution in [0, 0.1) is 46.8 Å². The molecule has 0 unspecified atom stereocenters. The van der Waals surface area contributed by atoms with Crippen LogP contribution in [0.1, 0.15) is 110 Å². The van der Waals surface area contributed by atoms with Gasteiger partial charge in [0.05, 0.1) is 36.3 Å². The number of carbonyl (C=O) groups excluding carboxylic acids is 1. The van der Waals surface area contributed by atoms with Crippen LogP contribution >= 0.6 is 0 Å². The first-order valence-electron chi connectivity index (χ1n) is 22.0. The van der Waals surface area contributed by atoms with Gasteiger partial charge in [0.2, 0.25) is 6.29 Å². The van der Waals surface area contributed by atoms with E-state index in [1.54, 1.807) is 0 Å². The molecule has 2 saturated heterocycles. The van der Waals surface area contributed by atoms with Crippen molar-refractivity contribution in [2.45, 2.75) is 121 Å². The van der Waals surface area contributed by atoms with Crippen molar-refractivity contribution in [1.82, 2.24) is 0 Å². The first-order chi connectivity index (χ1) is 28.7. The highest BCUT2D eigenvalue weighted by Gasteiger charge is 2.68. The predicted molar refractivity (Wildman–Crippen MR) is 216 cm³/mol. The second-order valence-electron chi connectivity index (χ2n) is 20.0. The summed E-state index contributed by atoms with van der Waals surface area (Å²) in [5.74, 6) is -2.60. The minimum atomic E-state index is -1.78. The number of hydrogen-bond donors (Lipinski definition) is 7. The smallest absolute Gasteiger partial charge is 0.335 e. The second-order valence-corrected chi connectivity index (χ2v) is 20.0. The number of aliphatic hydroxyl groups excluding tert-OH is 4. The number of aliphatic hydroxyl groups is 4.